The van der Waals surface area contributed by atoms with E-state index >= 15 is 0 Å². The molecule has 138 valence electrons. The van der Waals surface area contributed by atoms with E-state index in [1.54, 1.807) is 22.6 Å². The molecule has 6 heteroatoms. The number of fused-ring (bicyclic) bond motifs is 1. The first-order chi connectivity index (χ1) is 12.3. The van der Waals surface area contributed by atoms with Crippen LogP contribution in [0.5, 0.6) is 0 Å². The third-order valence-corrected chi connectivity index (χ3v) is 4.91. The quantitative estimate of drug-likeness (QED) is 0.845. The van der Waals surface area contributed by atoms with Crippen molar-refractivity contribution < 1.29 is 4.79 Å². The van der Waals surface area contributed by atoms with Gasteiger partial charge in [-0.05, 0) is 30.9 Å². The summed E-state index contributed by atoms with van der Waals surface area (Å²) in [4.78, 5) is 36.3. The standard InChI is InChI=1S/C20H26N4O2/c1-6-17-13(4)8-15(19(25)23(17)5)20(26)24-10-14-9-21-18(7-12(2)3)22-16(14)11-24/h8-9,12H,6-7,10-11H2,1-5H3. The molecule has 0 spiro atoms. The topological polar surface area (TPSA) is 68.1 Å². The molecule has 0 fully saturated rings. The lowest BCUT2D eigenvalue weighted by molar-refractivity contribution is 0.0747. The van der Waals surface area contributed by atoms with Crippen LogP contribution in [0.25, 0.3) is 0 Å². The average molecular weight is 354 g/mol. The summed E-state index contributed by atoms with van der Waals surface area (Å²) >= 11 is 0. The number of amides is 1. The Morgan fingerprint density at radius 3 is 2.69 bits per heavy atom. The van der Waals surface area contributed by atoms with Crippen molar-refractivity contribution in [1.82, 2.24) is 19.4 Å². The number of pyridine rings is 1. The third kappa shape index (κ3) is 3.28. The van der Waals surface area contributed by atoms with Gasteiger partial charge in [0.05, 0.1) is 12.2 Å². The van der Waals surface area contributed by atoms with E-state index in [4.69, 9.17) is 0 Å². The Kier molecular flexibility index (Phi) is 4.94. The summed E-state index contributed by atoms with van der Waals surface area (Å²) in [5, 5.41) is 0. The first kappa shape index (κ1) is 18.3. The Morgan fingerprint density at radius 2 is 2.04 bits per heavy atom. The molecule has 0 radical (unpaired) electrons. The van der Waals surface area contributed by atoms with Gasteiger partial charge < -0.3 is 9.47 Å². The van der Waals surface area contributed by atoms with Crippen molar-refractivity contribution in [2.24, 2.45) is 13.0 Å². The van der Waals surface area contributed by atoms with Gasteiger partial charge in [-0.1, -0.05) is 20.8 Å². The summed E-state index contributed by atoms with van der Waals surface area (Å²) in [6.07, 6.45) is 3.39. The first-order valence-corrected chi connectivity index (χ1v) is 9.14. The van der Waals surface area contributed by atoms with E-state index in [0.29, 0.717) is 19.0 Å². The largest absolute Gasteiger partial charge is 0.328 e. The van der Waals surface area contributed by atoms with Gasteiger partial charge in [0.2, 0.25) is 0 Å². The molecule has 26 heavy (non-hydrogen) atoms. The second-order valence-electron chi connectivity index (χ2n) is 7.42. The maximum absolute atomic E-state index is 13.0. The summed E-state index contributed by atoms with van der Waals surface area (Å²) in [7, 11) is 1.73. The lowest BCUT2D eigenvalue weighted by Gasteiger charge is -2.17. The van der Waals surface area contributed by atoms with E-state index in [2.05, 4.69) is 23.8 Å². The Morgan fingerprint density at radius 1 is 1.31 bits per heavy atom. The van der Waals surface area contributed by atoms with E-state index in [0.717, 1.165) is 41.2 Å². The van der Waals surface area contributed by atoms with Gasteiger partial charge in [0, 0.05) is 37.5 Å². The van der Waals surface area contributed by atoms with Crippen LogP contribution < -0.4 is 5.56 Å². The predicted molar refractivity (Wildman–Crippen MR) is 99.9 cm³/mol. The van der Waals surface area contributed by atoms with Gasteiger partial charge in [-0.15, -0.1) is 0 Å². The SMILES string of the molecule is CCc1c(C)cc(C(=O)N2Cc3cnc(CC(C)C)nc3C2)c(=O)n1C. The van der Waals surface area contributed by atoms with Gasteiger partial charge in [0.25, 0.3) is 11.5 Å². The fourth-order valence-corrected chi connectivity index (χ4v) is 3.57. The van der Waals surface area contributed by atoms with Crippen molar-refractivity contribution in [3.63, 3.8) is 0 Å². The lowest BCUT2D eigenvalue weighted by Crippen LogP contribution is -2.34. The number of carbonyl (C=O) groups is 1. The lowest BCUT2D eigenvalue weighted by atomic mass is 10.1. The highest BCUT2D eigenvalue weighted by Gasteiger charge is 2.28. The van der Waals surface area contributed by atoms with Crippen LogP contribution >= 0.6 is 0 Å². The molecular formula is C20H26N4O2. The van der Waals surface area contributed by atoms with E-state index in [1.165, 1.54) is 0 Å². The molecule has 0 saturated heterocycles. The van der Waals surface area contributed by atoms with Crippen LogP contribution in [0.1, 0.15) is 59.5 Å². The van der Waals surface area contributed by atoms with Gasteiger partial charge >= 0.3 is 0 Å². The summed E-state index contributed by atoms with van der Waals surface area (Å²) in [5.41, 5.74) is 3.77. The van der Waals surface area contributed by atoms with E-state index < -0.39 is 0 Å². The molecule has 0 unspecified atom stereocenters. The number of rotatable bonds is 4. The Labute approximate surface area is 153 Å². The fraction of sp³-hybridized carbons (Fsp3) is 0.500. The molecule has 1 amide bonds. The number of hydrogen-bond acceptors (Lipinski definition) is 4. The van der Waals surface area contributed by atoms with Crippen LogP contribution in [0.2, 0.25) is 0 Å². The zero-order chi connectivity index (χ0) is 19.0. The maximum atomic E-state index is 13.0. The molecule has 6 nitrogen and oxygen atoms in total. The second-order valence-corrected chi connectivity index (χ2v) is 7.42. The number of hydrogen-bond donors (Lipinski definition) is 0. The smallest absolute Gasteiger partial charge is 0.263 e. The number of nitrogens with zero attached hydrogens (tertiary/aromatic N) is 4. The minimum Gasteiger partial charge on any atom is -0.328 e. The summed E-state index contributed by atoms with van der Waals surface area (Å²) in [6.45, 7) is 9.09. The van der Waals surface area contributed by atoms with Crippen molar-refractivity contribution in [3.05, 3.63) is 56.5 Å². The molecular weight excluding hydrogens is 328 g/mol. The molecule has 3 rings (SSSR count). The van der Waals surface area contributed by atoms with Crippen molar-refractivity contribution >= 4 is 5.91 Å². The van der Waals surface area contributed by atoms with Crippen molar-refractivity contribution in [3.8, 4) is 0 Å². The van der Waals surface area contributed by atoms with Crippen LogP contribution in [-0.4, -0.2) is 25.3 Å². The number of carbonyl (C=O) groups excluding carboxylic acids is 1. The third-order valence-electron chi connectivity index (χ3n) is 4.91. The normalized spacial score (nSPS) is 13.4. The molecule has 1 aliphatic rings. The average Bonchev–Trinajstić information content (AvgIpc) is 3.00. The predicted octanol–water partition coefficient (Wildman–Crippen LogP) is 2.40. The Hall–Kier alpha value is -2.50. The molecule has 0 atom stereocenters. The van der Waals surface area contributed by atoms with Gasteiger partial charge in [-0.2, -0.15) is 0 Å². The van der Waals surface area contributed by atoms with E-state index in [9.17, 15) is 9.59 Å². The Balaban J connectivity index is 1.87. The highest BCUT2D eigenvalue weighted by molar-refractivity contribution is 5.94. The van der Waals surface area contributed by atoms with Crippen LogP contribution in [-0.2, 0) is 33.0 Å². The molecule has 0 bridgehead atoms. The number of aromatic nitrogens is 3. The van der Waals surface area contributed by atoms with Gasteiger partial charge in [0.15, 0.2) is 0 Å². The summed E-state index contributed by atoms with van der Waals surface area (Å²) in [5.74, 6) is 1.06. The van der Waals surface area contributed by atoms with Crippen molar-refractivity contribution in [2.45, 2.75) is 53.6 Å². The monoisotopic (exact) mass is 354 g/mol. The maximum Gasteiger partial charge on any atom is 0.263 e. The van der Waals surface area contributed by atoms with Gasteiger partial charge in [-0.3, -0.25) is 9.59 Å². The molecule has 0 N–H and O–H groups in total. The van der Waals surface area contributed by atoms with Gasteiger partial charge in [-0.25, -0.2) is 9.97 Å². The Bertz CT molecular complexity index is 915. The van der Waals surface area contributed by atoms with Gasteiger partial charge in [0.1, 0.15) is 11.4 Å². The molecule has 3 heterocycles. The minimum absolute atomic E-state index is 0.227. The van der Waals surface area contributed by atoms with E-state index in [-0.39, 0.29) is 17.0 Å². The highest BCUT2D eigenvalue weighted by atomic mass is 16.2. The van der Waals surface area contributed by atoms with Crippen LogP contribution in [0.3, 0.4) is 0 Å². The van der Waals surface area contributed by atoms with Crippen LogP contribution in [0, 0.1) is 12.8 Å². The van der Waals surface area contributed by atoms with Crippen LogP contribution in [0.4, 0.5) is 0 Å². The second kappa shape index (κ2) is 7.02. The fourth-order valence-electron chi connectivity index (χ4n) is 3.57. The zero-order valence-corrected chi connectivity index (χ0v) is 16.2. The van der Waals surface area contributed by atoms with Crippen molar-refractivity contribution in [2.75, 3.05) is 0 Å². The molecule has 0 aliphatic carbocycles. The zero-order valence-electron chi connectivity index (χ0n) is 16.2. The summed E-state index contributed by atoms with van der Waals surface area (Å²) < 4.78 is 1.59. The molecule has 2 aromatic rings. The van der Waals surface area contributed by atoms with Crippen molar-refractivity contribution in [1.29, 1.82) is 0 Å². The summed E-state index contributed by atoms with van der Waals surface area (Å²) in [6, 6.07) is 1.72. The molecule has 0 saturated carbocycles. The number of aryl methyl sites for hydroxylation is 1. The first-order valence-electron chi connectivity index (χ1n) is 9.14. The molecule has 2 aromatic heterocycles. The van der Waals surface area contributed by atoms with Crippen LogP contribution in [0.15, 0.2) is 17.1 Å². The highest BCUT2D eigenvalue weighted by Crippen LogP contribution is 2.22. The van der Waals surface area contributed by atoms with E-state index in [1.807, 2.05) is 20.0 Å². The minimum atomic E-state index is -0.236. The molecule has 1 aliphatic heterocycles. The molecule has 0 aromatic carbocycles.